The van der Waals surface area contributed by atoms with Crippen molar-refractivity contribution in [1.82, 2.24) is 10.6 Å². The second-order valence-corrected chi connectivity index (χ2v) is 1.93. The van der Waals surface area contributed by atoms with Crippen LogP contribution in [0.1, 0.15) is 0 Å². The number of carbonyl (C=O) groups excluding carboxylic acids is 2. The number of hydrogen-bond donors (Lipinski definition) is 2. The number of halogens is 3. The van der Waals surface area contributed by atoms with Crippen LogP contribution >= 0.6 is 0 Å². The van der Waals surface area contributed by atoms with E-state index in [1.54, 1.807) is 0 Å². The standard InChI is InChI=1S/C6H7F3N2O2/c1-2-4(12)10-3-11-5(13)6(7,8)9/h2H,1,3H2,(H,10,12)(H,11,13). The molecule has 0 aromatic rings. The van der Waals surface area contributed by atoms with Gasteiger partial charge in [0.2, 0.25) is 5.91 Å². The number of carbonyl (C=O) groups is 2. The van der Waals surface area contributed by atoms with Crippen LogP contribution in [-0.4, -0.2) is 24.7 Å². The topological polar surface area (TPSA) is 58.2 Å². The van der Waals surface area contributed by atoms with Gasteiger partial charge in [-0.15, -0.1) is 0 Å². The molecule has 2 N–H and O–H groups in total. The van der Waals surface area contributed by atoms with Crippen LogP contribution in [-0.2, 0) is 9.59 Å². The second-order valence-electron chi connectivity index (χ2n) is 1.93. The molecule has 0 heterocycles. The minimum Gasteiger partial charge on any atom is -0.335 e. The number of hydrogen-bond acceptors (Lipinski definition) is 2. The van der Waals surface area contributed by atoms with Crippen LogP contribution in [0.4, 0.5) is 13.2 Å². The molecule has 0 radical (unpaired) electrons. The van der Waals surface area contributed by atoms with Gasteiger partial charge in [-0.3, -0.25) is 9.59 Å². The Hall–Kier alpha value is -1.53. The van der Waals surface area contributed by atoms with Crippen molar-refractivity contribution in [2.75, 3.05) is 6.67 Å². The number of alkyl halides is 3. The number of rotatable bonds is 3. The van der Waals surface area contributed by atoms with Crippen LogP contribution in [0.2, 0.25) is 0 Å². The molecule has 0 unspecified atom stereocenters. The van der Waals surface area contributed by atoms with Gasteiger partial charge in [-0.25, -0.2) is 0 Å². The number of nitrogens with one attached hydrogen (secondary N) is 2. The van der Waals surface area contributed by atoms with E-state index >= 15 is 0 Å². The summed E-state index contributed by atoms with van der Waals surface area (Å²) < 4.78 is 34.5. The molecule has 0 saturated carbocycles. The summed E-state index contributed by atoms with van der Waals surface area (Å²) in [6, 6.07) is 0. The van der Waals surface area contributed by atoms with E-state index in [2.05, 4.69) is 6.58 Å². The Bertz CT molecular complexity index is 224. The monoisotopic (exact) mass is 196 g/mol. The van der Waals surface area contributed by atoms with Gasteiger partial charge in [-0.2, -0.15) is 13.2 Å². The molecule has 0 aliphatic heterocycles. The van der Waals surface area contributed by atoms with Gasteiger partial charge in [0.15, 0.2) is 0 Å². The highest BCUT2D eigenvalue weighted by Crippen LogP contribution is 2.13. The van der Waals surface area contributed by atoms with Crippen molar-refractivity contribution >= 4 is 11.8 Å². The molecular formula is C6H7F3N2O2. The molecule has 0 atom stereocenters. The van der Waals surface area contributed by atoms with Crippen molar-refractivity contribution in [3.05, 3.63) is 12.7 Å². The summed E-state index contributed by atoms with van der Waals surface area (Å²) in [5.74, 6) is -2.76. The van der Waals surface area contributed by atoms with Gasteiger partial charge < -0.3 is 10.6 Å². The van der Waals surface area contributed by atoms with Gasteiger partial charge in [0.05, 0.1) is 6.67 Å². The highest BCUT2D eigenvalue weighted by atomic mass is 19.4. The SMILES string of the molecule is C=CC(=O)NCNC(=O)C(F)(F)F. The minimum absolute atomic E-state index is 0.580. The van der Waals surface area contributed by atoms with Crippen LogP contribution < -0.4 is 10.6 Å². The van der Waals surface area contributed by atoms with Crippen molar-refractivity contribution < 1.29 is 22.8 Å². The molecule has 7 heteroatoms. The zero-order chi connectivity index (χ0) is 10.5. The Kier molecular flexibility index (Phi) is 3.96. The Morgan fingerprint density at radius 3 is 2.23 bits per heavy atom. The predicted molar refractivity (Wildman–Crippen MR) is 37.4 cm³/mol. The largest absolute Gasteiger partial charge is 0.471 e. The maximum Gasteiger partial charge on any atom is 0.471 e. The summed E-state index contributed by atoms with van der Waals surface area (Å²) in [7, 11) is 0. The van der Waals surface area contributed by atoms with E-state index in [-0.39, 0.29) is 0 Å². The van der Waals surface area contributed by atoms with Crippen LogP contribution in [0.15, 0.2) is 12.7 Å². The van der Waals surface area contributed by atoms with Crippen molar-refractivity contribution in [3.8, 4) is 0 Å². The zero-order valence-electron chi connectivity index (χ0n) is 6.44. The average Bonchev–Trinajstić information content (AvgIpc) is 2.02. The number of amides is 2. The lowest BCUT2D eigenvalue weighted by Crippen LogP contribution is -2.43. The molecule has 0 aromatic heterocycles. The third-order valence-electron chi connectivity index (χ3n) is 0.954. The fourth-order valence-electron chi connectivity index (χ4n) is 0.384. The van der Waals surface area contributed by atoms with Gasteiger partial charge in [0, 0.05) is 0 Å². The van der Waals surface area contributed by atoms with Crippen molar-refractivity contribution in [2.24, 2.45) is 0 Å². The van der Waals surface area contributed by atoms with Crippen molar-refractivity contribution in [3.63, 3.8) is 0 Å². The van der Waals surface area contributed by atoms with E-state index in [4.69, 9.17) is 0 Å². The normalized spacial score (nSPS) is 10.4. The third-order valence-corrected chi connectivity index (χ3v) is 0.954. The fraction of sp³-hybridized carbons (Fsp3) is 0.333. The Balaban J connectivity index is 3.73. The fourth-order valence-corrected chi connectivity index (χ4v) is 0.384. The summed E-state index contributed by atoms with van der Waals surface area (Å²) in [5, 5.41) is 3.39. The minimum atomic E-state index is -4.93. The molecule has 0 rings (SSSR count). The van der Waals surface area contributed by atoms with Crippen molar-refractivity contribution in [2.45, 2.75) is 6.18 Å². The predicted octanol–water partition coefficient (Wildman–Crippen LogP) is -0.0754. The lowest BCUT2D eigenvalue weighted by molar-refractivity contribution is -0.173. The summed E-state index contributed by atoms with van der Waals surface area (Å²) in [4.78, 5) is 20.5. The van der Waals surface area contributed by atoms with E-state index in [1.807, 2.05) is 5.32 Å². The molecule has 0 aliphatic rings. The van der Waals surface area contributed by atoms with Gasteiger partial charge in [-0.05, 0) is 6.08 Å². The summed E-state index contributed by atoms with van der Waals surface area (Å²) >= 11 is 0. The van der Waals surface area contributed by atoms with Crippen LogP contribution in [0, 0.1) is 0 Å². The second kappa shape index (κ2) is 4.48. The van der Waals surface area contributed by atoms with E-state index < -0.39 is 24.7 Å². The van der Waals surface area contributed by atoms with E-state index in [0.29, 0.717) is 0 Å². The Labute approximate surface area is 71.8 Å². The van der Waals surface area contributed by atoms with Crippen LogP contribution in [0.5, 0.6) is 0 Å². The Morgan fingerprint density at radius 1 is 1.31 bits per heavy atom. The first-order valence-electron chi connectivity index (χ1n) is 3.13. The molecule has 0 fully saturated rings. The van der Waals surface area contributed by atoms with Crippen molar-refractivity contribution in [1.29, 1.82) is 0 Å². The molecule has 0 bridgehead atoms. The van der Waals surface area contributed by atoms with E-state index in [9.17, 15) is 22.8 Å². The highest BCUT2D eigenvalue weighted by molar-refractivity contribution is 5.87. The van der Waals surface area contributed by atoms with Crippen LogP contribution in [0.3, 0.4) is 0 Å². The smallest absolute Gasteiger partial charge is 0.335 e. The first kappa shape index (κ1) is 11.5. The Morgan fingerprint density at radius 2 is 1.85 bits per heavy atom. The average molecular weight is 196 g/mol. The molecular weight excluding hydrogens is 189 g/mol. The summed E-state index contributed by atoms with van der Waals surface area (Å²) in [6.45, 7) is 2.48. The van der Waals surface area contributed by atoms with Crippen LogP contribution in [0.25, 0.3) is 0 Å². The lowest BCUT2D eigenvalue weighted by Gasteiger charge is -2.07. The molecule has 74 valence electrons. The molecule has 0 aliphatic carbocycles. The van der Waals surface area contributed by atoms with Gasteiger partial charge in [-0.1, -0.05) is 6.58 Å². The molecule has 0 aromatic carbocycles. The maximum atomic E-state index is 11.5. The maximum absolute atomic E-state index is 11.5. The molecule has 13 heavy (non-hydrogen) atoms. The molecule has 0 saturated heterocycles. The first-order chi connectivity index (χ1) is 5.88. The third kappa shape index (κ3) is 4.83. The summed E-state index contributed by atoms with van der Waals surface area (Å²) in [6.07, 6.45) is -4.06. The van der Waals surface area contributed by atoms with Gasteiger partial charge >= 0.3 is 12.1 Å². The zero-order valence-corrected chi connectivity index (χ0v) is 6.44. The van der Waals surface area contributed by atoms with Gasteiger partial charge in [0.1, 0.15) is 0 Å². The van der Waals surface area contributed by atoms with E-state index in [0.717, 1.165) is 6.08 Å². The quantitative estimate of drug-likeness (QED) is 0.490. The highest BCUT2D eigenvalue weighted by Gasteiger charge is 2.38. The lowest BCUT2D eigenvalue weighted by atomic mass is 10.5. The van der Waals surface area contributed by atoms with Gasteiger partial charge in [0.25, 0.3) is 0 Å². The first-order valence-corrected chi connectivity index (χ1v) is 3.13. The summed E-state index contributed by atoms with van der Waals surface area (Å²) in [5.41, 5.74) is 0. The molecule has 4 nitrogen and oxygen atoms in total. The molecule has 2 amide bonds. The molecule has 0 spiro atoms. The van der Waals surface area contributed by atoms with E-state index in [1.165, 1.54) is 5.32 Å².